The Bertz CT molecular complexity index is 779. The highest BCUT2D eigenvalue weighted by Crippen LogP contribution is 2.31. The molecule has 1 aliphatic heterocycles. The number of fused-ring (bicyclic) bond motifs is 1. The molecule has 0 saturated carbocycles. The van der Waals surface area contributed by atoms with Crippen LogP contribution in [0.5, 0.6) is 0 Å². The van der Waals surface area contributed by atoms with Gasteiger partial charge in [0.25, 0.3) is 5.56 Å². The van der Waals surface area contributed by atoms with Gasteiger partial charge in [-0.3, -0.25) is 14.2 Å². The largest absolute Gasteiger partial charge is 0.465 e. The zero-order valence-electron chi connectivity index (χ0n) is 12.1. The first kappa shape index (κ1) is 14.6. The highest BCUT2D eigenvalue weighted by molar-refractivity contribution is 8.00. The first-order valence-corrected chi connectivity index (χ1v) is 8.56. The van der Waals surface area contributed by atoms with E-state index in [0.29, 0.717) is 30.1 Å². The van der Waals surface area contributed by atoms with Crippen molar-refractivity contribution < 1.29 is 9.53 Å². The van der Waals surface area contributed by atoms with E-state index in [4.69, 9.17) is 4.74 Å². The van der Waals surface area contributed by atoms with Gasteiger partial charge in [-0.05, 0) is 26.3 Å². The second-order valence-electron chi connectivity index (χ2n) is 4.97. The molecule has 0 spiro atoms. The van der Waals surface area contributed by atoms with E-state index in [-0.39, 0.29) is 16.8 Å². The van der Waals surface area contributed by atoms with Crippen LogP contribution in [0.3, 0.4) is 0 Å². The van der Waals surface area contributed by atoms with E-state index < -0.39 is 0 Å². The van der Waals surface area contributed by atoms with E-state index in [9.17, 15) is 9.59 Å². The first-order chi connectivity index (χ1) is 10.0. The number of hydrogen-bond donors (Lipinski definition) is 0. The van der Waals surface area contributed by atoms with Crippen LogP contribution in [-0.2, 0) is 16.1 Å². The highest BCUT2D eigenvalue weighted by Gasteiger charge is 2.29. The summed E-state index contributed by atoms with van der Waals surface area (Å²) < 4.78 is 6.63. The lowest BCUT2D eigenvalue weighted by molar-refractivity contribution is -0.137. The number of nitrogens with zero attached hydrogens (tertiary/aromatic N) is 2. The maximum Gasteiger partial charge on any atom is 0.319 e. The molecule has 0 N–H and O–H groups in total. The number of esters is 1. The van der Waals surface area contributed by atoms with Crippen molar-refractivity contribution in [1.82, 2.24) is 9.55 Å². The van der Waals surface area contributed by atoms with Gasteiger partial charge in [-0.1, -0.05) is 11.8 Å². The molecule has 3 rings (SSSR count). The summed E-state index contributed by atoms with van der Waals surface area (Å²) >= 11 is 2.87. The fourth-order valence-electron chi connectivity index (χ4n) is 2.39. The summed E-state index contributed by atoms with van der Waals surface area (Å²) in [6.07, 6.45) is 0.670. The zero-order chi connectivity index (χ0) is 15.1. The Balaban J connectivity index is 2.13. The van der Waals surface area contributed by atoms with Crippen LogP contribution in [0, 0.1) is 13.8 Å². The third-order valence-electron chi connectivity index (χ3n) is 3.70. The Morgan fingerprint density at radius 3 is 2.81 bits per heavy atom. The van der Waals surface area contributed by atoms with Gasteiger partial charge in [0.15, 0.2) is 5.16 Å². The van der Waals surface area contributed by atoms with Crippen LogP contribution in [0.25, 0.3) is 10.2 Å². The van der Waals surface area contributed by atoms with Crippen LogP contribution in [0.2, 0.25) is 0 Å². The summed E-state index contributed by atoms with van der Waals surface area (Å²) in [4.78, 5) is 30.8. The first-order valence-electron chi connectivity index (χ1n) is 6.86. The number of rotatable bonds is 3. The van der Waals surface area contributed by atoms with Gasteiger partial charge in [0.05, 0.1) is 12.0 Å². The number of ether oxygens (including phenoxy) is 1. The molecule has 2 aromatic heterocycles. The molecule has 0 unspecified atom stereocenters. The van der Waals surface area contributed by atoms with Gasteiger partial charge in [-0.2, -0.15) is 0 Å². The molecule has 5 nitrogen and oxygen atoms in total. The fourth-order valence-corrected chi connectivity index (χ4v) is 4.58. The number of thiophene rings is 1. The van der Waals surface area contributed by atoms with Gasteiger partial charge in [0, 0.05) is 17.8 Å². The molecule has 112 valence electrons. The lowest BCUT2D eigenvalue weighted by Gasteiger charge is -2.11. The van der Waals surface area contributed by atoms with E-state index in [1.165, 1.54) is 23.1 Å². The van der Waals surface area contributed by atoms with Crippen molar-refractivity contribution in [3.05, 3.63) is 20.8 Å². The number of carbonyl (C=O) groups excluding carboxylic acids is 1. The molecular formula is C14H16N2O3S2. The lowest BCUT2D eigenvalue weighted by atomic mass is 10.2. The summed E-state index contributed by atoms with van der Waals surface area (Å²) in [5.41, 5.74) is 0.991. The maximum absolute atomic E-state index is 12.7. The summed E-state index contributed by atoms with van der Waals surface area (Å²) in [7, 11) is 0. The third-order valence-corrected chi connectivity index (χ3v) is 6.04. The zero-order valence-corrected chi connectivity index (χ0v) is 13.8. The van der Waals surface area contributed by atoms with E-state index in [1.54, 1.807) is 4.57 Å². The predicted molar refractivity (Wildman–Crippen MR) is 84.2 cm³/mol. The molecule has 3 heterocycles. The molecule has 1 aliphatic rings. The second kappa shape index (κ2) is 5.46. The predicted octanol–water partition coefficient (Wildman–Crippen LogP) is 2.50. The molecule has 0 amide bonds. The average Bonchev–Trinajstić information content (AvgIpc) is 2.95. The number of aryl methyl sites for hydroxylation is 2. The van der Waals surface area contributed by atoms with Crippen molar-refractivity contribution in [2.24, 2.45) is 0 Å². The standard InChI is InChI=1S/C14H16N2O3S2/c1-4-16-12(17)10-7(2)8(3)20-11(10)15-14(16)21-9-5-6-19-13(9)18/h9H,4-6H2,1-3H3/t9-/m0/s1. The Hall–Kier alpha value is -1.34. The minimum Gasteiger partial charge on any atom is -0.465 e. The van der Waals surface area contributed by atoms with Gasteiger partial charge in [-0.15, -0.1) is 11.3 Å². The number of aromatic nitrogens is 2. The van der Waals surface area contributed by atoms with Crippen molar-refractivity contribution in [2.75, 3.05) is 6.61 Å². The minimum absolute atomic E-state index is 0.0155. The van der Waals surface area contributed by atoms with Gasteiger partial charge >= 0.3 is 5.97 Å². The molecule has 0 aromatic carbocycles. The molecule has 1 atom stereocenters. The van der Waals surface area contributed by atoms with Crippen LogP contribution in [0.1, 0.15) is 23.8 Å². The number of cyclic esters (lactones) is 1. The minimum atomic E-state index is -0.255. The van der Waals surface area contributed by atoms with Crippen molar-refractivity contribution in [2.45, 2.75) is 44.1 Å². The van der Waals surface area contributed by atoms with Gasteiger partial charge < -0.3 is 4.74 Å². The van der Waals surface area contributed by atoms with Crippen molar-refractivity contribution in [1.29, 1.82) is 0 Å². The third kappa shape index (κ3) is 2.38. The molecule has 7 heteroatoms. The van der Waals surface area contributed by atoms with Gasteiger partial charge in [0.1, 0.15) is 10.1 Å². The van der Waals surface area contributed by atoms with Crippen LogP contribution < -0.4 is 5.56 Å². The molecule has 1 saturated heterocycles. The van der Waals surface area contributed by atoms with E-state index in [0.717, 1.165) is 15.3 Å². The van der Waals surface area contributed by atoms with Crippen molar-refractivity contribution >= 4 is 39.3 Å². The molecule has 0 radical (unpaired) electrons. The highest BCUT2D eigenvalue weighted by atomic mass is 32.2. The lowest BCUT2D eigenvalue weighted by Crippen LogP contribution is -2.23. The molecule has 0 bridgehead atoms. The Morgan fingerprint density at radius 2 is 2.19 bits per heavy atom. The monoisotopic (exact) mass is 324 g/mol. The molecule has 2 aromatic rings. The molecule has 0 aliphatic carbocycles. The van der Waals surface area contributed by atoms with E-state index in [1.807, 2.05) is 20.8 Å². The van der Waals surface area contributed by atoms with Crippen LogP contribution in [-0.4, -0.2) is 27.4 Å². The molecule has 1 fully saturated rings. The van der Waals surface area contributed by atoms with Crippen LogP contribution in [0.4, 0.5) is 0 Å². The summed E-state index contributed by atoms with van der Waals surface area (Å²) in [5, 5.41) is 1.06. The number of carbonyl (C=O) groups is 1. The fraction of sp³-hybridized carbons (Fsp3) is 0.500. The van der Waals surface area contributed by atoms with Gasteiger partial charge in [-0.25, -0.2) is 4.98 Å². The van der Waals surface area contributed by atoms with E-state index in [2.05, 4.69) is 4.98 Å². The second-order valence-corrected chi connectivity index (χ2v) is 7.34. The Kier molecular flexibility index (Phi) is 3.79. The maximum atomic E-state index is 12.7. The SMILES string of the molecule is CCn1c(S[C@H]2CCOC2=O)nc2sc(C)c(C)c2c1=O. The summed E-state index contributed by atoms with van der Waals surface area (Å²) in [5.74, 6) is -0.212. The Labute approximate surface area is 130 Å². The summed E-state index contributed by atoms with van der Waals surface area (Å²) in [6, 6.07) is 0. The normalized spacial score (nSPS) is 18.4. The summed E-state index contributed by atoms with van der Waals surface area (Å²) in [6.45, 7) is 6.87. The van der Waals surface area contributed by atoms with E-state index >= 15 is 0 Å². The van der Waals surface area contributed by atoms with Gasteiger partial charge in [0.2, 0.25) is 0 Å². The van der Waals surface area contributed by atoms with Crippen molar-refractivity contribution in [3.8, 4) is 0 Å². The van der Waals surface area contributed by atoms with Crippen LogP contribution >= 0.6 is 23.1 Å². The number of thioether (sulfide) groups is 1. The smallest absolute Gasteiger partial charge is 0.319 e. The molecule has 21 heavy (non-hydrogen) atoms. The Morgan fingerprint density at radius 1 is 1.43 bits per heavy atom. The number of hydrogen-bond acceptors (Lipinski definition) is 6. The average molecular weight is 324 g/mol. The van der Waals surface area contributed by atoms with Crippen molar-refractivity contribution in [3.63, 3.8) is 0 Å². The van der Waals surface area contributed by atoms with Crippen LogP contribution in [0.15, 0.2) is 9.95 Å². The quantitative estimate of drug-likeness (QED) is 0.641. The topological polar surface area (TPSA) is 61.2 Å². The molecular weight excluding hydrogens is 308 g/mol.